The number of aliphatic imine (C=N–C) groups is 1. The van der Waals surface area contributed by atoms with Gasteiger partial charge in [-0.25, -0.2) is 4.99 Å². The summed E-state index contributed by atoms with van der Waals surface area (Å²) in [5.41, 5.74) is 0. The van der Waals surface area contributed by atoms with Crippen LogP contribution in [0.25, 0.3) is 0 Å². The van der Waals surface area contributed by atoms with E-state index >= 15 is 0 Å². The summed E-state index contributed by atoms with van der Waals surface area (Å²) >= 11 is 1.80. The van der Waals surface area contributed by atoms with Crippen molar-refractivity contribution in [3.8, 4) is 0 Å². The molecule has 0 unspecified atom stereocenters. The maximum absolute atomic E-state index is 5.53. The van der Waals surface area contributed by atoms with Crippen molar-refractivity contribution in [2.45, 2.75) is 40.2 Å². The van der Waals surface area contributed by atoms with Crippen LogP contribution >= 0.6 is 11.3 Å². The van der Waals surface area contributed by atoms with Crippen molar-refractivity contribution in [2.75, 3.05) is 26.3 Å². The molecule has 0 amide bonds. The second-order valence-electron chi connectivity index (χ2n) is 4.60. The SMILES string of the molecule is CCCCOCCNC(=NCc1ccc(C)s1)NCC. The third-order valence-corrected chi connectivity index (χ3v) is 3.70. The van der Waals surface area contributed by atoms with Gasteiger partial charge in [-0.1, -0.05) is 13.3 Å². The van der Waals surface area contributed by atoms with Crippen molar-refractivity contribution < 1.29 is 4.74 Å². The van der Waals surface area contributed by atoms with Gasteiger partial charge in [0.25, 0.3) is 0 Å². The number of rotatable bonds is 9. The van der Waals surface area contributed by atoms with Crippen molar-refractivity contribution in [1.29, 1.82) is 0 Å². The molecular weight excluding hydrogens is 270 g/mol. The molecule has 0 spiro atoms. The molecule has 20 heavy (non-hydrogen) atoms. The number of guanidine groups is 1. The number of thiophene rings is 1. The molecule has 1 aromatic heterocycles. The molecule has 2 N–H and O–H groups in total. The molecule has 0 fully saturated rings. The van der Waals surface area contributed by atoms with Gasteiger partial charge in [-0.2, -0.15) is 0 Å². The molecule has 0 radical (unpaired) electrons. The van der Waals surface area contributed by atoms with E-state index in [9.17, 15) is 0 Å². The number of hydrogen-bond donors (Lipinski definition) is 2. The largest absolute Gasteiger partial charge is 0.380 e. The second kappa shape index (κ2) is 10.7. The fraction of sp³-hybridized carbons (Fsp3) is 0.667. The standard InChI is InChI=1S/C15H27N3OS/c1-4-6-10-19-11-9-17-15(16-5-2)18-12-14-8-7-13(3)20-14/h7-8H,4-6,9-12H2,1-3H3,(H2,16,17,18). The fourth-order valence-electron chi connectivity index (χ4n) is 1.66. The molecule has 0 atom stereocenters. The molecule has 5 heteroatoms. The Hall–Kier alpha value is -1.07. The molecule has 1 heterocycles. The van der Waals surface area contributed by atoms with Gasteiger partial charge in [0.05, 0.1) is 13.2 Å². The van der Waals surface area contributed by atoms with Gasteiger partial charge >= 0.3 is 0 Å². The normalized spacial score (nSPS) is 11.7. The van der Waals surface area contributed by atoms with Crippen LogP contribution in [0.3, 0.4) is 0 Å². The lowest BCUT2D eigenvalue weighted by atomic mass is 10.4. The maximum Gasteiger partial charge on any atom is 0.191 e. The van der Waals surface area contributed by atoms with Crippen molar-refractivity contribution in [2.24, 2.45) is 4.99 Å². The van der Waals surface area contributed by atoms with Crippen LogP contribution in [0, 0.1) is 6.92 Å². The lowest BCUT2D eigenvalue weighted by Crippen LogP contribution is -2.39. The fourth-order valence-corrected chi connectivity index (χ4v) is 2.47. The van der Waals surface area contributed by atoms with Crippen LogP contribution in [-0.4, -0.2) is 32.3 Å². The van der Waals surface area contributed by atoms with Gasteiger partial charge in [0.2, 0.25) is 0 Å². The van der Waals surface area contributed by atoms with E-state index in [0.717, 1.165) is 45.2 Å². The first kappa shape index (κ1) is 17.0. The summed E-state index contributed by atoms with van der Waals surface area (Å²) in [7, 11) is 0. The highest BCUT2D eigenvalue weighted by Gasteiger charge is 1.99. The topological polar surface area (TPSA) is 45.6 Å². The van der Waals surface area contributed by atoms with Crippen LogP contribution in [-0.2, 0) is 11.3 Å². The average molecular weight is 297 g/mol. The molecule has 1 aromatic rings. The van der Waals surface area contributed by atoms with Crippen LogP contribution in [0.1, 0.15) is 36.4 Å². The minimum Gasteiger partial charge on any atom is -0.380 e. The summed E-state index contributed by atoms with van der Waals surface area (Å²) < 4.78 is 5.53. The first-order valence-corrected chi connectivity index (χ1v) is 8.23. The summed E-state index contributed by atoms with van der Waals surface area (Å²) in [5, 5.41) is 6.54. The molecule has 114 valence electrons. The van der Waals surface area contributed by atoms with E-state index in [4.69, 9.17) is 4.74 Å². The number of nitrogens with zero attached hydrogens (tertiary/aromatic N) is 1. The van der Waals surface area contributed by atoms with Gasteiger partial charge in [0, 0.05) is 29.5 Å². The number of hydrogen-bond acceptors (Lipinski definition) is 3. The van der Waals surface area contributed by atoms with E-state index in [0.29, 0.717) is 0 Å². The molecule has 0 aliphatic carbocycles. The number of aryl methyl sites for hydroxylation is 1. The minimum absolute atomic E-state index is 0.725. The van der Waals surface area contributed by atoms with E-state index in [1.165, 1.54) is 16.2 Å². The summed E-state index contributed by atoms with van der Waals surface area (Å²) in [6, 6.07) is 4.28. The highest BCUT2D eigenvalue weighted by Crippen LogP contribution is 2.15. The van der Waals surface area contributed by atoms with Crippen molar-refractivity contribution in [3.05, 3.63) is 21.9 Å². The Morgan fingerprint density at radius 2 is 2.10 bits per heavy atom. The summed E-state index contributed by atoms with van der Waals surface area (Å²) in [5.74, 6) is 0.859. The smallest absolute Gasteiger partial charge is 0.191 e. The second-order valence-corrected chi connectivity index (χ2v) is 5.97. The highest BCUT2D eigenvalue weighted by molar-refractivity contribution is 7.11. The van der Waals surface area contributed by atoms with Crippen LogP contribution < -0.4 is 10.6 Å². The Bertz CT molecular complexity index is 390. The third-order valence-electron chi connectivity index (χ3n) is 2.71. The summed E-state index contributed by atoms with van der Waals surface area (Å²) in [6.07, 6.45) is 2.31. The van der Waals surface area contributed by atoms with Crippen LogP contribution in [0.2, 0.25) is 0 Å². The molecule has 4 nitrogen and oxygen atoms in total. The Morgan fingerprint density at radius 1 is 1.25 bits per heavy atom. The predicted octanol–water partition coefficient (Wildman–Crippen LogP) is 2.93. The van der Waals surface area contributed by atoms with Gasteiger partial charge < -0.3 is 15.4 Å². The Kier molecular flexibility index (Phi) is 9.07. The van der Waals surface area contributed by atoms with Gasteiger partial charge in [-0.15, -0.1) is 11.3 Å². The number of unbranched alkanes of at least 4 members (excludes halogenated alkanes) is 1. The van der Waals surface area contributed by atoms with E-state index < -0.39 is 0 Å². The molecule has 0 bridgehead atoms. The zero-order chi connectivity index (χ0) is 14.6. The van der Waals surface area contributed by atoms with Gasteiger partial charge in [0.1, 0.15) is 0 Å². The zero-order valence-corrected chi connectivity index (χ0v) is 13.7. The van der Waals surface area contributed by atoms with Crippen molar-refractivity contribution in [3.63, 3.8) is 0 Å². The Labute approximate surface area is 126 Å². The van der Waals surface area contributed by atoms with E-state index in [2.05, 4.69) is 48.5 Å². The Balaban J connectivity index is 2.28. The van der Waals surface area contributed by atoms with E-state index in [-0.39, 0.29) is 0 Å². The Morgan fingerprint density at radius 3 is 2.75 bits per heavy atom. The van der Waals surface area contributed by atoms with Gasteiger partial charge in [-0.3, -0.25) is 0 Å². The average Bonchev–Trinajstić information content (AvgIpc) is 2.85. The lowest BCUT2D eigenvalue weighted by Gasteiger charge is -2.11. The van der Waals surface area contributed by atoms with Crippen LogP contribution in [0.4, 0.5) is 0 Å². The molecule has 0 aliphatic heterocycles. The van der Waals surface area contributed by atoms with Gasteiger partial charge in [-0.05, 0) is 32.4 Å². The molecule has 1 rings (SSSR count). The van der Waals surface area contributed by atoms with Crippen molar-refractivity contribution in [1.82, 2.24) is 10.6 Å². The van der Waals surface area contributed by atoms with Crippen LogP contribution in [0.5, 0.6) is 0 Å². The molecule has 0 aromatic carbocycles. The monoisotopic (exact) mass is 297 g/mol. The quantitative estimate of drug-likeness (QED) is 0.418. The number of ether oxygens (including phenoxy) is 1. The highest BCUT2D eigenvalue weighted by atomic mass is 32.1. The first-order valence-electron chi connectivity index (χ1n) is 7.41. The third kappa shape index (κ3) is 7.50. The molecule has 0 saturated carbocycles. The maximum atomic E-state index is 5.53. The lowest BCUT2D eigenvalue weighted by molar-refractivity contribution is 0.136. The first-order chi connectivity index (χ1) is 9.76. The minimum atomic E-state index is 0.725. The predicted molar refractivity (Wildman–Crippen MR) is 87.6 cm³/mol. The van der Waals surface area contributed by atoms with Crippen LogP contribution in [0.15, 0.2) is 17.1 Å². The molecule has 0 saturated heterocycles. The summed E-state index contributed by atoms with van der Waals surface area (Å²) in [4.78, 5) is 7.20. The van der Waals surface area contributed by atoms with Gasteiger partial charge in [0.15, 0.2) is 5.96 Å². The molecular formula is C15H27N3OS. The van der Waals surface area contributed by atoms with E-state index in [1.807, 2.05) is 0 Å². The van der Waals surface area contributed by atoms with Crippen molar-refractivity contribution >= 4 is 17.3 Å². The zero-order valence-electron chi connectivity index (χ0n) is 12.9. The number of nitrogens with one attached hydrogen (secondary N) is 2. The summed E-state index contributed by atoms with van der Waals surface area (Å²) in [6.45, 7) is 10.3. The van der Waals surface area contributed by atoms with E-state index in [1.54, 1.807) is 11.3 Å². The molecule has 0 aliphatic rings.